The number of hydrogen-bond donors (Lipinski definition) is 4. The zero-order chi connectivity index (χ0) is 14.4. The number of carboxylic acids is 1. The van der Waals surface area contributed by atoms with Crippen molar-refractivity contribution in [1.29, 1.82) is 0 Å². The molecular formula is C13H18N2O4. The molecule has 6 heteroatoms. The van der Waals surface area contributed by atoms with Crippen molar-refractivity contribution in [2.75, 3.05) is 6.54 Å². The fourth-order valence-electron chi connectivity index (χ4n) is 1.49. The smallest absolute Gasteiger partial charge is 0.332 e. The molecule has 0 saturated heterocycles. The predicted molar refractivity (Wildman–Crippen MR) is 69.4 cm³/mol. The highest BCUT2D eigenvalue weighted by atomic mass is 16.4. The lowest BCUT2D eigenvalue weighted by atomic mass is 10.1. The first-order chi connectivity index (χ1) is 8.91. The molecule has 1 rings (SSSR count). The van der Waals surface area contributed by atoms with Crippen LogP contribution in [0.5, 0.6) is 0 Å². The number of rotatable bonds is 6. The van der Waals surface area contributed by atoms with Crippen LogP contribution >= 0.6 is 0 Å². The summed E-state index contributed by atoms with van der Waals surface area (Å²) in [6.07, 6.45) is -1.53. The third-order valence-corrected chi connectivity index (χ3v) is 2.72. The standard InChI is InChI=1S/C13H18N2O4/c1-8-2-4-9(5-3-8)11(14)12(17)15-7-6-10(16)13(18)19/h2-5,10-11,16H,6-7,14H2,1H3,(H,15,17)(H,18,19)/t10-,11?/m0/s1. The molecule has 0 heterocycles. The van der Waals surface area contributed by atoms with Gasteiger partial charge in [0.15, 0.2) is 6.10 Å². The van der Waals surface area contributed by atoms with Crippen LogP contribution in [0, 0.1) is 6.92 Å². The van der Waals surface area contributed by atoms with Gasteiger partial charge < -0.3 is 21.3 Å². The van der Waals surface area contributed by atoms with Crippen molar-refractivity contribution in [3.8, 4) is 0 Å². The van der Waals surface area contributed by atoms with E-state index < -0.39 is 24.0 Å². The average molecular weight is 266 g/mol. The molecule has 0 radical (unpaired) electrons. The summed E-state index contributed by atoms with van der Waals surface area (Å²) < 4.78 is 0. The summed E-state index contributed by atoms with van der Waals surface area (Å²) >= 11 is 0. The van der Waals surface area contributed by atoms with E-state index in [-0.39, 0.29) is 13.0 Å². The molecular weight excluding hydrogens is 248 g/mol. The van der Waals surface area contributed by atoms with Gasteiger partial charge in [0.05, 0.1) is 0 Å². The van der Waals surface area contributed by atoms with Gasteiger partial charge in [-0.2, -0.15) is 0 Å². The number of aliphatic hydroxyl groups excluding tert-OH is 1. The molecule has 0 fully saturated rings. The summed E-state index contributed by atoms with van der Waals surface area (Å²) in [7, 11) is 0. The third-order valence-electron chi connectivity index (χ3n) is 2.72. The quantitative estimate of drug-likeness (QED) is 0.576. The van der Waals surface area contributed by atoms with Crippen LogP contribution in [0.4, 0.5) is 0 Å². The first kappa shape index (κ1) is 15.1. The molecule has 0 aromatic heterocycles. The number of aliphatic carboxylic acids is 1. The maximum atomic E-state index is 11.7. The fourth-order valence-corrected chi connectivity index (χ4v) is 1.49. The molecule has 19 heavy (non-hydrogen) atoms. The van der Waals surface area contributed by atoms with Gasteiger partial charge in [0, 0.05) is 13.0 Å². The summed E-state index contributed by atoms with van der Waals surface area (Å²) in [5.74, 6) is -1.71. The van der Waals surface area contributed by atoms with Crippen molar-refractivity contribution in [2.24, 2.45) is 5.73 Å². The van der Waals surface area contributed by atoms with Gasteiger partial charge >= 0.3 is 5.97 Å². The van der Waals surface area contributed by atoms with Crippen molar-refractivity contribution in [1.82, 2.24) is 5.32 Å². The SMILES string of the molecule is Cc1ccc(C(N)C(=O)NCC[C@H](O)C(=O)O)cc1. The Bertz CT molecular complexity index is 444. The van der Waals surface area contributed by atoms with Gasteiger partial charge in [0.2, 0.25) is 5.91 Å². The van der Waals surface area contributed by atoms with E-state index >= 15 is 0 Å². The monoisotopic (exact) mass is 266 g/mol. The van der Waals surface area contributed by atoms with Crippen molar-refractivity contribution in [2.45, 2.75) is 25.5 Å². The van der Waals surface area contributed by atoms with Gasteiger partial charge in [0.1, 0.15) is 6.04 Å². The van der Waals surface area contributed by atoms with Crippen LogP contribution in [0.3, 0.4) is 0 Å². The van der Waals surface area contributed by atoms with Gasteiger partial charge in [-0.05, 0) is 12.5 Å². The van der Waals surface area contributed by atoms with Crippen molar-refractivity contribution >= 4 is 11.9 Å². The van der Waals surface area contributed by atoms with Crippen molar-refractivity contribution in [3.63, 3.8) is 0 Å². The number of nitrogens with one attached hydrogen (secondary N) is 1. The number of carboxylic acid groups (broad SMARTS) is 1. The Morgan fingerprint density at radius 2 is 1.89 bits per heavy atom. The molecule has 0 spiro atoms. The second-order valence-corrected chi connectivity index (χ2v) is 4.32. The van der Waals surface area contributed by atoms with Crippen LogP contribution in [-0.2, 0) is 9.59 Å². The molecule has 2 atom stereocenters. The summed E-state index contributed by atoms with van der Waals surface area (Å²) in [5.41, 5.74) is 7.53. The highest BCUT2D eigenvalue weighted by Crippen LogP contribution is 2.11. The van der Waals surface area contributed by atoms with E-state index in [0.717, 1.165) is 5.56 Å². The topological polar surface area (TPSA) is 113 Å². The van der Waals surface area contributed by atoms with Crippen LogP contribution < -0.4 is 11.1 Å². The number of aryl methyl sites for hydroxylation is 1. The summed E-state index contributed by atoms with van der Waals surface area (Å²) in [4.78, 5) is 22.1. The molecule has 6 nitrogen and oxygen atoms in total. The zero-order valence-corrected chi connectivity index (χ0v) is 10.7. The first-order valence-electron chi connectivity index (χ1n) is 5.92. The van der Waals surface area contributed by atoms with E-state index in [0.29, 0.717) is 5.56 Å². The number of hydrogen-bond acceptors (Lipinski definition) is 4. The number of benzene rings is 1. The normalized spacial score (nSPS) is 13.6. The van der Waals surface area contributed by atoms with Gasteiger partial charge in [-0.25, -0.2) is 4.79 Å². The Labute approximate surface area is 111 Å². The van der Waals surface area contributed by atoms with Crippen LogP contribution in [0.15, 0.2) is 24.3 Å². The molecule has 1 aromatic rings. The lowest BCUT2D eigenvalue weighted by Gasteiger charge is -2.13. The van der Waals surface area contributed by atoms with Crippen LogP contribution in [0.25, 0.3) is 0 Å². The summed E-state index contributed by atoms with van der Waals surface area (Å²) in [6, 6.07) is 6.45. The molecule has 1 unspecified atom stereocenters. The Hall–Kier alpha value is -1.92. The van der Waals surface area contributed by atoms with Gasteiger partial charge in [-0.15, -0.1) is 0 Å². The molecule has 0 aliphatic heterocycles. The fraction of sp³-hybridized carbons (Fsp3) is 0.385. The number of amides is 1. The highest BCUT2D eigenvalue weighted by Gasteiger charge is 2.17. The van der Waals surface area contributed by atoms with Crippen molar-refractivity contribution < 1.29 is 19.8 Å². The van der Waals surface area contributed by atoms with E-state index in [1.807, 2.05) is 19.1 Å². The van der Waals surface area contributed by atoms with E-state index in [1.54, 1.807) is 12.1 Å². The predicted octanol–water partition coefficient (Wildman–Crippen LogP) is -0.0534. The minimum atomic E-state index is -1.48. The molecule has 0 aliphatic carbocycles. The average Bonchev–Trinajstić information content (AvgIpc) is 2.38. The van der Waals surface area contributed by atoms with Gasteiger partial charge in [-0.3, -0.25) is 4.79 Å². The lowest BCUT2D eigenvalue weighted by molar-refractivity contribution is -0.147. The molecule has 104 valence electrons. The van der Waals surface area contributed by atoms with E-state index in [4.69, 9.17) is 15.9 Å². The Morgan fingerprint density at radius 1 is 1.32 bits per heavy atom. The first-order valence-corrected chi connectivity index (χ1v) is 5.92. The largest absolute Gasteiger partial charge is 0.479 e. The third kappa shape index (κ3) is 4.69. The highest BCUT2D eigenvalue weighted by molar-refractivity contribution is 5.83. The minimum absolute atomic E-state index is 0.0539. The minimum Gasteiger partial charge on any atom is -0.479 e. The Balaban J connectivity index is 2.45. The zero-order valence-electron chi connectivity index (χ0n) is 10.7. The molecule has 5 N–H and O–H groups in total. The molecule has 0 saturated carbocycles. The van der Waals surface area contributed by atoms with Crippen LogP contribution in [0.1, 0.15) is 23.6 Å². The lowest BCUT2D eigenvalue weighted by Crippen LogP contribution is -2.36. The maximum Gasteiger partial charge on any atom is 0.332 e. The van der Waals surface area contributed by atoms with Crippen molar-refractivity contribution in [3.05, 3.63) is 35.4 Å². The van der Waals surface area contributed by atoms with Crippen LogP contribution in [-0.4, -0.2) is 34.7 Å². The number of carbonyl (C=O) groups is 2. The maximum absolute atomic E-state index is 11.7. The molecule has 1 amide bonds. The van der Waals surface area contributed by atoms with Gasteiger partial charge in [-0.1, -0.05) is 29.8 Å². The second-order valence-electron chi connectivity index (χ2n) is 4.32. The second kappa shape index (κ2) is 6.86. The van der Waals surface area contributed by atoms with E-state index in [9.17, 15) is 9.59 Å². The van der Waals surface area contributed by atoms with E-state index in [2.05, 4.69) is 5.32 Å². The summed E-state index contributed by atoms with van der Waals surface area (Å²) in [6.45, 7) is 1.99. The molecule has 1 aromatic carbocycles. The summed E-state index contributed by atoms with van der Waals surface area (Å²) in [5, 5.41) is 20.0. The number of nitrogens with two attached hydrogens (primary N) is 1. The molecule has 0 bridgehead atoms. The number of aliphatic hydroxyl groups is 1. The Kier molecular flexibility index (Phi) is 5.47. The van der Waals surface area contributed by atoms with Gasteiger partial charge in [0.25, 0.3) is 0 Å². The number of carbonyl (C=O) groups excluding carboxylic acids is 1. The molecule has 0 aliphatic rings. The van der Waals surface area contributed by atoms with Crippen LogP contribution in [0.2, 0.25) is 0 Å². The Morgan fingerprint density at radius 3 is 2.42 bits per heavy atom. The van der Waals surface area contributed by atoms with E-state index in [1.165, 1.54) is 0 Å².